The number of aryl methyl sites for hydroxylation is 2. The number of hydrogen-bond acceptors (Lipinski definition) is 4. The van der Waals surface area contributed by atoms with Crippen molar-refractivity contribution in [1.82, 2.24) is 4.90 Å². The smallest absolute Gasteiger partial charge is 0.254 e. The molecule has 1 aromatic rings. The first-order chi connectivity index (χ1) is 11.6. The molecule has 2 atom stereocenters. The molecule has 2 heterocycles. The number of carbonyl (C=O) groups excluding carboxylic acids is 1. The molecule has 0 N–H and O–H groups in total. The van der Waals surface area contributed by atoms with Crippen molar-refractivity contribution < 1.29 is 19.0 Å². The van der Waals surface area contributed by atoms with Crippen LogP contribution in [0.15, 0.2) is 18.2 Å². The Balaban J connectivity index is 1.79. The van der Waals surface area contributed by atoms with E-state index in [1.807, 2.05) is 36.9 Å². The van der Waals surface area contributed by atoms with Gasteiger partial charge in [-0.25, -0.2) is 0 Å². The number of nitrogens with zero attached hydrogens (tertiary/aromatic N) is 1. The van der Waals surface area contributed by atoms with Crippen molar-refractivity contribution in [2.45, 2.75) is 38.8 Å². The van der Waals surface area contributed by atoms with Crippen molar-refractivity contribution in [3.63, 3.8) is 0 Å². The molecule has 0 aromatic heterocycles. The zero-order valence-electron chi connectivity index (χ0n) is 14.8. The molecular weight excluding hydrogens is 306 g/mol. The fraction of sp³-hybridized carbons (Fsp3) is 0.632. The number of hydrogen-bond donors (Lipinski definition) is 0. The van der Waals surface area contributed by atoms with E-state index in [2.05, 4.69) is 6.92 Å². The van der Waals surface area contributed by atoms with Crippen LogP contribution in [0.25, 0.3) is 0 Å². The van der Waals surface area contributed by atoms with Crippen LogP contribution < -0.4 is 0 Å². The Kier molecular flexibility index (Phi) is 5.23. The summed E-state index contributed by atoms with van der Waals surface area (Å²) < 4.78 is 17.1. The zero-order chi connectivity index (χ0) is 17.2. The van der Waals surface area contributed by atoms with Crippen LogP contribution in [-0.2, 0) is 14.2 Å². The van der Waals surface area contributed by atoms with E-state index in [9.17, 15) is 4.79 Å². The van der Waals surface area contributed by atoms with Crippen molar-refractivity contribution >= 4 is 5.91 Å². The number of ether oxygens (including phenoxy) is 3. The lowest BCUT2D eigenvalue weighted by Crippen LogP contribution is -2.59. The molecule has 132 valence electrons. The predicted octanol–water partition coefficient (Wildman–Crippen LogP) is 2.34. The van der Waals surface area contributed by atoms with E-state index in [-0.39, 0.29) is 17.6 Å². The van der Waals surface area contributed by atoms with E-state index in [0.717, 1.165) is 17.5 Å². The summed E-state index contributed by atoms with van der Waals surface area (Å²) in [5.74, 6) is 0.0714. The molecule has 5 heteroatoms. The van der Waals surface area contributed by atoms with E-state index in [1.165, 1.54) is 5.56 Å². The summed E-state index contributed by atoms with van der Waals surface area (Å²) >= 11 is 0. The van der Waals surface area contributed by atoms with Crippen LogP contribution in [0.3, 0.4) is 0 Å². The lowest BCUT2D eigenvalue weighted by molar-refractivity contribution is -0.0559. The topological polar surface area (TPSA) is 48.0 Å². The summed E-state index contributed by atoms with van der Waals surface area (Å²) in [6.45, 7) is 9.56. The van der Waals surface area contributed by atoms with Gasteiger partial charge in [-0.05, 0) is 44.0 Å². The summed E-state index contributed by atoms with van der Waals surface area (Å²) in [5, 5.41) is 0. The molecule has 24 heavy (non-hydrogen) atoms. The van der Waals surface area contributed by atoms with Crippen LogP contribution in [0.2, 0.25) is 0 Å². The van der Waals surface area contributed by atoms with Gasteiger partial charge in [0.1, 0.15) is 0 Å². The minimum Gasteiger partial charge on any atom is -0.379 e. The molecule has 0 aliphatic carbocycles. The summed E-state index contributed by atoms with van der Waals surface area (Å²) in [7, 11) is 0. The molecule has 2 aliphatic rings. The maximum atomic E-state index is 13.1. The second-order valence-electron chi connectivity index (χ2n) is 6.83. The van der Waals surface area contributed by atoms with Crippen LogP contribution in [0, 0.1) is 13.8 Å². The van der Waals surface area contributed by atoms with Crippen molar-refractivity contribution in [3.05, 3.63) is 34.9 Å². The fourth-order valence-corrected chi connectivity index (χ4v) is 3.54. The molecular formula is C19H27NO4. The minimum absolute atomic E-state index is 0.0294. The van der Waals surface area contributed by atoms with E-state index in [0.29, 0.717) is 39.6 Å². The van der Waals surface area contributed by atoms with Crippen LogP contribution in [-0.4, -0.2) is 62.0 Å². The molecule has 1 amide bonds. The molecule has 2 aliphatic heterocycles. The van der Waals surface area contributed by atoms with Crippen molar-refractivity contribution in [2.75, 3.05) is 39.6 Å². The van der Waals surface area contributed by atoms with Crippen molar-refractivity contribution in [1.29, 1.82) is 0 Å². The van der Waals surface area contributed by atoms with E-state index < -0.39 is 0 Å². The molecule has 1 spiro atoms. The van der Waals surface area contributed by atoms with Crippen LogP contribution in [0.4, 0.5) is 0 Å². The monoisotopic (exact) mass is 333 g/mol. The van der Waals surface area contributed by atoms with Gasteiger partial charge < -0.3 is 19.1 Å². The molecule has 3 rings (SSSR count). The number of benzene rings is 1. The molecule has 2 saturated heterocycles. The summed E-state index contributed by atoms with van der Waals surface area (Å²) in [5.41, 5.74) is 2.72. The van der Waals surface area contributed by atoms with Crippen LogP contribution >= 0.6 is 0 Å². The molecule has 2 unspecified atom stereocenters. The van der Waals surface area contributed by atoms with Gasteiger partial charge in [0.25, 0.3) is 5.91 Å². The van der Waals surface area contributed by atoms with Gasteiger partial charge in [-0.1, -0.05) is 6.07 Å². The lowest BCUT2D eigenvalue weighted by atomic mass is 9.92. The molecule has 5 nitrogen and oxygen atoms in total. The Bertz CT molecular complexity index is 603. The lowest BCUT2D eigenvalue weighted by Gasteiger charge is -2.43. The van der Waals surface area contributed by atoms with Gasteiger partial charge in [0, 0.05) is 25.1 Å². The SMILES string of the molecule is CCOCC1CC2(COCCN2C(=O)c2ccc(C)c(C)c2)CO1. The Labute approximate surface area is 143 Å². The van der Waals surface area contributed by atoms with Gasteiger partial charge in [0.15, 0.2) is 0 Å². The largest absolute Gasteiger partial charge is 0.379 e. The maximum Gasteiger partial charge on any atom is 0.254 e. The van der Waals surface area contributed by atoms with Gasteiger partial charge in [0.05, 0.1) is 38.1 Å². The molecule has 0 radical (unpaired) electrons. The highest BCUT2D eigenvalue weighted by Gasteiger charge is 2.49. The average molecular weight is 333 g/mol. The Morgan fingerprint density at radius 2 is 2.17 bits per heavy atom. The first kappa shape index (κ1) is 17.4. The fourth-order valence-electron chi connectivity index (χ4n) is 3.54. The molecule has 2 fully saturated rings. The van der Waals surface area contributed by atoms with Gasteiger partial charge in [0.2, 0.25) is 0 Å². The number of carbonyl (C=O) groups is 1. The quantitative estimate of drug-likeness (QED) is 0.848. The minimum atomic E-state index is -0.365. The van der Waals surface area contributed by atoms with E-state index >= 15 is 0 Å². The second kappa shape index (κ2) is 7.21. The Morgan fingerprint density at radius 1 is 1.33 bits per heavy atom. The van der Waals surface area contributed by atoms with Gasteiger partial charge in [-0.15, -0.1) is 0 Å². The van der Waals surface area contributed by atoms with Gasteiger partial charge in [-0.3, -0.25) is 4.79 Å². The molecule has 0 bridgehead atoms. The Morgan fingerprint density at radius 3 is 2.92 bits per heavy atom. The van der Waals surface area contributed by atoms with Crippen LogP contribution in [0.1, 0.15) is 34.8 Å². The first-order valence-corrected chi connectivity index (χ1v) is 8.72. The molecule has 0 saturated carbocycles. The van der Waals surface area contributed by atoms with E-state index in [4.69, 9.17) is 14.2 Å². The van der Waals surface area contributed by atoms with Crippen LogP contribution in [0.5, 0.6) is 0 Å². The van der Waals surface area contributed by atoms with Gasteiger partial charge >= 0.3 is 0 Å². The number of morpholine rings is 1. The normalized spacial score (nSPS) is 27.0. The second-order valence-corrected chi connectivity index (χ2v) is 6.83. The highest BCUT2D eigenvalue weighted by atomic mass is 16.5. The van der Waals surface area contributed by atoms with Gasteiger partial charge in [-0.2, -0.15) is 0 Å². The third-order valence-electron chi connectivity index (χ3n) is 5.10. The highest BCUT2D eigenvalue weighted by molar-refractivity contribution is 5.95. The number of rotatable bonds is 4. The Hall–Kier alpha value is -1.43. The zero-order valence-corrected chi connectivity index (χ0v) is 14.8. The first-order valence-electron chi connectivity index (χ1n) is 8.72. The third-order valence-corrected chi connectivity index (χ3v) is 5.10. The summed E-state index contributed by atoms with van der Waals surface area (Å²) in [4.78, 5) is 15.1. The average Bonchev–Trinajstić information content (AvgIpc) is 2.98. The van der Waals surface area contributed by atoms with Crippen molar-refractivity contribution in [3.8, 4) is 0 Å². The summed E-state index contributed by atoms with van der Waals surface area (Å²) in [6.07, 6.45) is 0.797. The number of amides is 1. The third kappa shape index (κ3) is 3.34. The maximum absolute atomic E-state index is 13.1. The highest BCUT2D eigenvalue weighted by Crippen LogP contribution is 2.34. The predicted molar refractivity (Wildman–Crippen MR) is 91.4 cm³/mol. The van der Waals surface area contributed by atoms with E-state index in [1.54, 1.807) is 0 Å². The van der Waals surface area contributed by atoms with Crippen molar-refractivity contribution in [2.24, 2.45) is 0 Å². The standard InChI is InChI=1S/C19H27NO4/c1-4-22-11-17-10-19(13-24-17)12-23-8-7-20(19)18(21)16-6-5-14(2)15(3)9-16/h5-6,9,17H,4,7-8,10-13H2,1-3H3. The molecule has 1 aromatic carbocycles. The summed E-state index contributed by atoms with van der Waals surface area (Å²) in [6, 6.07) is 5.91.